The molecule has 0 bridgehead atoms. The van der Waals surface area contributed by atoms with Crippen molar-refractivity contribution in [2.24, 2.45) is 0 Å². The van der Waals surface area contributed by atoms with Gasteiger partial charge >= 0.3 is 0 Å². The quantitative estimate of drug-likeness (QED) is 0.533. The predicted molar refractivity (Wildman–Crippen MR) is 108 cm³/mol. The summed E-state index contributed by atoms with van der Waals surface area (Å²) in [5.74, 6) is 0.724. The second-order valence-electron chi connectivity index (χ2n) is 6.02. The van der Waals surface area contributed by atoms with E-state index in [1.807, 2.05) is 61.6 Å². The highest BCUT2D eigenvalue weighted by molar-refractivity contribution is 5.72. The van der Waals surface area contributed by atoms with Gasteiger partial charge in [-0.15, -0.1) is 0 Å². The fourth-order valence-electron chi connectivity index (χ4n) is 2.90. The maximum atomic E-state index is 4.84. The van der Waals surface area contributed by atoms with Crippen LogP contribution < -0.4 is 5.32 Å². The molecule has 0 atom stereocenters. The molecule has 0 radical (unpaired) electrons. The first-order chi connectivity index (χ1) is 12.8. The first-order valence-electron chi connectivity index (χ1n) is 8.61. The van der Waals surface area contributed by atoms with Crippen LogP contribution in [0.4, 0.5) is 5.69 Å². The summed E-state index contributed by atoms with van der Waals surface area (Å²) in [6.07, 6.45) is 0. The van der Waals surface area contributed by atoms with E-state index in [1.165, 1.54) is 0 Å². The molecule has 4 rings (SSSR count). The molecule has 1 aromatic heterocycles. The van der Waals surface area contributed by atoms with E-state index >= 15 is 0 Å². The Morgan fingerprint density at radius 3 is 1.65 bits per heavy atom. The van der Waals surface area contributed by atoms with Crippen LogP contribution in [0.15, 0.2) is 91.0 Å². The molecule has 3 aromatic carbocycles. The Morgan fingerprint density at radius 1 is 0.577 bits per heavy atom. The smallest absolute Gasteiger partial charge is 0.160 e. The van der Waals surface area contributed by atoms with Crippen LogP contribution in [-0.2, 0) is 0 Å². The molecule has 4 aromatic rings. The van der Waals surface area contributed by atoms with Crippen LogP contribution in [-0.4, -0.2) is 17.0 Å². The summed E-state index contributed by atoms with van der Waals surface area (Å²) in [5, 5.41) is 3.17. The average Bonchev–Trinajstić information content (AvgIpc) is 2.75. The molecular formula is C23H19N3. The minimum Gasteiger partial charge on any atom is -0.388 e. The molecular weight excluding hydrogens is 318 g/mol. The van der Waals surface area contributed by atoms with Gasteiger partial charge in [-0.2, -0.15) is 0 Å². The Balaban J connectivity index is 1.90. The number of nitrogens with zero attached hydrogens (tertiary/aromatic N) is 2. The van der Waals surface area contributed by atoms with Gasteiger partial charge in [-0.3, -0.25) is 0 Å². The summed E-state index contributed by atoms with van der Waals surface area (Å²) >= 11 is 0. The zero-order valence-electron chi connectivity index (χ0n) is 14.6. The van der Waals surface area contributed by atoms with Crippen LogP contribution in [0.1, 0.15) is 0 Å². The van der Waals surface area contributed by atoms with Gasteiger partial charge in [0.1, 0.15) is 0 Å². The SMILES string of the molecule is CNc1cccc(-c2nc(-c3ccccc3)cc(-c3ccccc3)n2)c1. The third-order valence-corrected chi connectivity index (χ3v) is 4.27. The van der Waals surface area contributed by atoms with E-state index < -0.39 is 0 Å². The highest BCUT2D eigenvalue weighted by atomic mass is 14.9. The molecule has 1 N–H and O–H groups in total. The molecule has 0 aliphatic rings. The van der Waals surface area contributed by atoms with Crippen molar-refractivity contribution in [3.05, 3.63) is 91.0 Å². The summed E-state index contributed by atoms with van der Waals surface area (Å²) < 4.78 is 0. The molecule has 0 saturated heterocycles. The Hall–Kier alpha value is -3.46. The van der Waals surface area contributed by atoms with Crippen molar-refractivity contribution in [3.63, 3.8) is 0 Å². The topological polar surface area (TPSA) is 37.8 Å². The maximum Gasteiger partial charge on any atom is 0.160 e. The summed E-state index contributed by atoms with van der Waals surface area (Å²) in [6.45, 7) is 0. The van der Waals surface area contributed by atoms with Gasteiger partial charge in [-0.05, 0) is 18.2 Å². The van der Waals surface area contributed by atoms with Gasteiger partial charge in [0.05, 0.1) is 11.4 Å². The Morgan fingerprint density at radius 2 is 1.12 bits per heavy atom. The molecule has 3 heteroatoms. The van der Waals surface area contributed by atoms with E-state index in [2.05, 4.69) is 41.7 Å². The van der Waals surface area contributed by atoms with Gasteiger partial charge in [0.25, 0.3) is 0 Å². The lowest BCUT2D eigenvalue weighted by Gasteiger charge is -2.10. The van der Waals surface area contributed by atoms with Crippen molar-refractivity contribution >= 4 is 5.69 Å². The van der Waals surface area contributed by atoms with E-state index in [1.54, 1.807) is 0 Å². The van der Waals surface area contributed by atoms with Gasteiger partial charge in [-0.25, -0.2) is 9.97 Å². The Labute approximate surface area is 153 Å². The van der Waals surface area contributed by atoms with Crippen molar-refractivity contribution in [3.8, 4) is 33.9 Å². The zero-order valence-corrected chi connectivity index (χ0v) is 14.6. The van der Waals surface area contributed by atoms with Crippen LogP contribution in [0.5, 0.6) is 0 Å². The molecule has 0 amide bonds. The first-order valence-corrected chi connectivity index (χ1v) is 8.61. The minimum atomic E-state index is 0.724. The molecule has 126 valence electrons. The van der Waals surface area contributed by atoms with Crippen molar-refractivity contribution in [2.45, 2.75) is 0 Å². The fourth-order valence-corrected chi connectivity index (χ4v) is 2.90. The summed E-state index contributed by atoms with van der Waals surface area (Å²) in [6, 6.07) is 30.6. The molecule has 0 saturated carbocycles. The average molecular weight is 337 g/mol. The summed E-state index contributed by atoms with van der Waals surface area (Å²) in [5.41, 5.74) is 6.04. The lowest BCUT2D eigenvalue weighted by atomic mass is 10.1. The largest absolute Gasteiger partial charge is 0.388 e. The second kappa shape index (κ2) is 7.19. The fraction of sp³-hybridized carbons (Fsp3) is 0.0435. The highest BCUT2D eigenvalue weighted by Crippen LogP contribution is 2.28. The van der Waals surface area contributed by atoms with Gasteiger partial charge in [0.2, 0.25) is 0 Å². The molecule has 26 heavy (non-hydrogen) atoms. The van der Waals surface area contributed by atoms with E-state index in [-0.39, 0.29) is 0 Å². The number of hydrogen-bond donors (Lipinski definition) is 1. The maximum absolute atomic E-state index is 4.84. The van der Waals surface area contributed by atoms with Crippen LogP contribution >= 0.6 is 0 Å². The molecule has 1 heterocycles. The monoisotopic (exact) mass is 337 g/mol. The zero-order chi connectivity index (χ0) is 17.8. The first kappa shape index (κ1) is 16.0. The number of nitrogens with one attached hydrogen (secondary N) is 1. The molecule has 0 spiro atoms. The molecule has 0 fully saturated rings. The van der Waals surface area contributed by atoms with Crippen LogP contribution in [0.25, 0.3) is 33.9 Å². The standard InChI is InChI=1S/C23H19N3/c1-24-20-14-8-13-19(15-20)23-25-21(17-9-4-2-5-10-17)16-22(26-23)18-11-6-3-7-12-18/h2-16,24H,1H3. The molecule has 3 nitrogen and oxygen atoms in total. The third kappa shape index (κ3) is 3.33. The van der Waals surface area contributed by atoms with Crippen molar-refractivity contribution in [1.29, 1.82) is 0 Å². The van der Waals surface area contributed by atoms with Gasteiger partial charge < -0.3 is 5.32 Å². The Kier molecular flexibility index (Phi) is 4.44. The molecule has 0 unspecified atom stereocenters. The van der Waals surface area contributed by atoms with E-state index in [9.17, 15) is 0 Å². The lowest BCUT2D eigenvalue weighted by molar-refractivity contribution is 1.18. The summed E-state index contributed by atoms with van der Waals surface area (Å²) in [4.78, 5) is 9.67. The molecule has 0 aliphatic carbocycles. The molecule has 0 aliphatic heterocycles. The van der Waals surface area contributed by atoms with Crippen molar-refractivity contribution in [2.75, 3.05) is 12.4 Å². The van der Waals surface area contributed by atoms with Crippen LogP contribution in [0, 0.1) is 0 Å². The van der Waals surface area contributed by atoms with Crippen LogP contribution in [0.3, 0.4) is 0 Å². The number of anilines is 1. The minimum absolute atomic E-state index is 0.724. The van der Waals surface area contributed by atoms with E-state index in [0.29, 0.717) is 0 Å². The van der Waals surface area contributed by atoms with Crippen molar-refractivity contribution in [1.82, 2.24) is 9.97 Å². The normalized spacial score (nSPS) is 10.5. The van der Waals surface area contributed by atoms with Gasteiger partial charge in [0.15, 0.2) is 5.82 Å². The van der Waals surface area contributed by atoms with Gasteiger partial charge in [0, 0.05) is 29.4 Å². The number of benzene rings is 3. The van der Waals surface area contributed by atoms with E-state index in [4.69, 9.17) is 9.97 Å². The Bertz CT molecular complexity index is 954. The number of hydrogen-bond acceptors (Lipinski definition) is 3. The second-order valence-corrected chi connectivity index (χ2v) is 6.02. The number of aromatic nitrogens is 2. The van der Waals surface area contributed by atoms with E-state index in [0.717, 1.165) is 39.6 Å². The van der Waals surface area contributed by atoms with Crippen LogP contribution in [0.2, 0.25) is 0 Å². The summed E-state index contributed by atoms with van der Waals surface area (Å²) in [7, 11) is 1.91. The third-order valence-electron chi connectivity index (χ3n) is 4.27. The number of rotatable bonds is 4. The van der Waals surface area contributed by atoms with Crippen molar-refractivity contribution < 1.29 is 0 Å². The predicted octanol–water partition coefficient (Wildman–Crippen LogP) is 5.52. The highest BCUT2D eigenvalue weighted by Gasteiger charge is 2.10. The van der Waals surface area contributed by atoms with Gasteiger partial charge in [-0.1, -0.05) is 72.8 Å². The lowest BCUT2D eigenvalue weighted by Crippen LogP contribution is -1.96.